The van der Waals surface area contributed by atoms with E-state index in [1.54, 1.807) is 29.5 Å². The van der Waals surface area contributed by atoms with Crippen LogP contribution >= 0.6 is 23.6 Å². The lowest BCUT2D eigenvalue weighted by atomic mass is 10.2. The Morgan fingerprint density at radius 3 is 2.73 bits per heavy atom. The lowest BCUT2D eigenvalue weighted by Crippen LogP contribution is -2.43. The second-order valence-corrected chi connectivity index (χ2v) is 5.98. The van der Waals surface area contributed by atoms with Crippen LogP contribution in [0.3, 0.4) is 0 Å². The first-order chi connectivity index (χ1) is 10.6. The number of nitrogens with one attached hydrogen (secondary N) is 3. The van der Waals surface area contributed by atoms with Crippen LogP contribution in [0.1, 0.15) is 17.7 Å². The summed E-state index contributed by atoms with van der Waals surface area (Å²) in [6, 6.07) is 10.2. The zero-order chi connectivity index (χ0) is 15.8. The van der Waals surface area contributed by atoms with Gasteiger partial charge in [-0.3, -0.25) is 15.6 Å². The van der Waals surface area contributed by atoms with Crippen molar-refractivity contribution >= 4 is 40.3 Å². The first-order valence-electron chi connectivity index (χ1n) is 6.78. The van der Waals surface area contributed by atoms with E-state index in [4.69, 9.17) is 12.2 Å². The van der Waals surface area contributed by atoms with Crippen molar-refractivity contribution < 1.29 is 9.18 Å². The van der Waals surface area contributed by atoms with E-state index in [0.29, 0.717) is 6.42 Å². The van der Waals surface area contributed by atoms with Gasteiger partial charge in [0.05, 0.1) is 5.69 Å². The van der Waals surface area contributed by atoms with E-state index >= 15 is 0 Å². The predicted molar refractivity (Wildman–Crippen MR) is 91.2 cm³/mol. The number of para-hydroxylation sites is 1. The SMILES string of the molecule is O=C(CCCc1cccs1)NNC(=S)Nc1ccccc1F. The molecular weight excluding hydrogens is 321 g/mol. The van der Waals surface area contributed by atoms with Gasteiger partial charge in [0.15, 0.2) is 5.11 Å². The number of hydrogen-bond donors (Lipinski definition) is 3. The van der Waals surface area contributed by atoms with Crippen LogP contribution < -0.4 is 16.2 Å². The van der Waals surface area contributed by atoms with E-state index in [2.05, 4.69) is 16.2 Å². The predicted octanol–water partition coefficient (Wildman–Crippen LogP) is 3.23. The maximum atomic E-state index is 13.4. The Bertz CT molecular complexity index is 631. The minimum absolute atomic E-state index is 0.136. The molecule has 1 aromatic heterocycles. The number of amides is 1. The molecule has 0 spiro atoms. The average Bonchev–Trinajstić information content (AvgIpc) is 3.01. The second kappa shape index (κ2) is 8.45. The summed E-state index contributed by atoms with van der Waals surface area (Å²) in [4.78, 5) is 12.9. The number of hydrogen-bond acceptors (Lipinski definition) is 3. The van der Waals surface area contributed by atoms with E-state index < -0.39 is 5.82 Å². The van der Waals surface area contributed by atoms with Crippen LogP contribution in [0.25, 0.3) is 0 Å². The van der Waals surface area contributed by atoms with Crippen molar-refractivity contribution in [3.8, 4) is 0 Å². The summed E-state index contributed by atoms with van der Waals surface area (Å²) in [5, 5.41) is 4.83. The molecule has 0 fully saturated rings. The van der Waals surface area contributed by atoms with Crippen LogP contribution in [0.4, 0.5) is 10.1 Å². The number of benzene rings is 1. The van der Waals surface area contributed by atoms with Gasteiger partial charge in [0, 0.05) is 11.3 Å². The summed E-state index contributed by atoms with van der Waals surface area (Å²) in [6.07, 6.45) is 2.04. The van der Waals surface area contributed by atoms with Crippen molar-refractivity contribution in [3.05, 3.63) is 52.5 Å². The largest absolute Gasteiger partial charge is 0.329 e. The molecule has 22 heavy (non-hydrogen) atoms. The molecule has 4 nitrogen and oxygen atoms in total. The van der Waals surface area contributed by atoms with Gasteiger partial charge < -0.3 is 5.32 Å². The van der Waals surface area contributed by atoms with Crippen molar-refractivity contribution in [3.63, 3.8) is 0 Å². The van der Waals surface area contributed by atoms with Crippen LogP contribution in [0.2, 0.25) is 0 Å². The number of halogens is 1. The molecule has 0 bridgehead atoms. The maximum absolute atomic E-state index is 13.4. The summed E-state index contributed by atoms with van der Waals surface area (Å²) in [5.74, 6) is -0.567. The lowest BCUT2D eigenvalue weighted by Gasteiger charge is -2.11. The molecule has 1 amide bonds. The molecule has 7 heteroatoms. The Morgan fingerprint density at radius 1 is 1.18 bits per heavy atom. The third-order valence-electron chi connectivity index (χ3n) is 2.84. The van der Waals surface area contributed by atoms with Gasteiger partial charge in [0.2, 0.25) is 5.91 Å². The smallest absolute Gasteiger partial charge is 0.238 e. The first kappa shape index (κ1) is 16.4. The fourth-order valence-electron chi connectivity index (χ4n) is 1.78. The fourth-order valence-corrected chi connectivity index (χ4v) is 2.70. The number of thiocarbonyl (C=S) groups is 1. The standard InChI is InChI=1S/C15H16FN3OS2/c16-12-7-1-2-8-13(12)17-15(21)19-18-14(20)9-3-5-11-6-4-10-22-11/h1-2,4,6-8,10H,3,5,9H2,(H,18,20)(H2,17,19,21). The van der Waals surface area contributed by atoms with E-state index in [1.165, 1.54) is 10.9 Å². The number of thiophene rings is 1. The van der Waals surface area contributed by atoms with Gasteiger partial charge in [0.1, 0.15) is 5.82 Å². The first-order valence-corrected chi connectivity index (χ1v) is 8.06. The van der Waals surface area contributed by atoms with Crippen LogP contribution in [-0.4, -0.2) is 11.0 Å². The van der Waals surface area contributed by atoms with Crippen LogP contribution in [0.15, 0.2) is 41.8 Å². The molecule has 3 N–H and O–H groups in total. The van der Waals surface area contributed by atoms with E-state index in [1.807, 2.05) is 17.5 Å². The Hall–Kier alpha value is -1.99. The fraction of sp³-hybridized carbons (Fsp3) is 0.200. The van der Waals surface area contributed by atoms with E-state index in [-0.39, 0.29) is 16.7 Å². The van der Waals surface area contributed by atoms with Gasteiger partial charge in [-0.1, -0.05) is 18.2 Å². The molecule has 0 atom stereocenters. The Labute approximate surface area is 137 Å². The van der Waals surface area contributed by atoms with Gasteiger partial charge in [-0.05, 0) is 48.6 Å². The van der Waals surface area contributed by atoms with Crippen LogP contribution in [-0.2, 0) is 11.2 Å². The number of hydrazine groups is 1. The highest BCUT2D eigenvalue weighted by Crippen LogP contribution is 2.12. The number of aryl methyl sites for hydroxylation is 1. The van der Waals surface area contributed by atoms with Crippen molar-refractivity contribution in [2.45, 2.75) is 19.3 Å². The zero-order valence-electron chi connectivity index (χ0n) is 11.8. The lowest BCUT2D eigenvalue weighted by molar-refractivity contribution is -0.121. The molecular formula is C15H16FN3OS2. The van der Waals surface area contributed by atoms with Gasteiger partial charge in [-0.15, -0.1) is 11.3 Å². The highest BCUT2D eigenvalue weighted by atomic mass is 32.1. The molecule has 1 aromatic carbocycles. The monoisotopic (exact) mass is 337 g/mol. The normalized spacial score (nSPS) is 10.0. The van der Waals surface area contributed by atoms with E-state index in [9.17, 15) is 9.18 Å². The summed E-state index contributed by atoms with van der Waals surface area (Å²) in [5.41, 5.74) is 5.31. The molecule has 0 aliphatic carbocycles. The van der Waals surface area contributed by atoms with Gasteiger partial charge in [0.25, 0.3) is 0 Å². The molecule has 0 radical (unpaired) electrons. The molecule has 2 rings (SSSR count). The summed E-state index contributed by atoms with van der Waals surface area (Å²) in [7, 11) is 0. The van der Waals surface area contributed by atoms with Crippen molar-refractivity contribution in [2.24, 2.45) is 0 Å². The highest BCUT2D eigenvalue weighted by Gasteiger charge is 2.05. The minimum atomic E-state index is -0.408. The van der Waals surface area contributed by atoms with Crippen molar-refractivity contribution in [2.75, 3.05) is 5.32 Å². The number of rotatable bonds is 5. The Balaban J connectivity index is 1.65. The topological polar surface area (TPSA) is 53.2 Å². The molecule has 0 aliphatic heterocycles. The third kappa shape index (κ3) is 5.42. The van der Waals surface area contributed by atoms with E-state index in [0.717, 1.165) is 12.8 Å². The maximum Gasteiger partial charge on any atom is 0.238 e. The molecule has 0 saturated carbocycles. The molecule has 2 aromatic rings. The second-order valence-electron chi connectivity index (χ2n) is 4.54. The Kier molecular flexibility index (Phi) is 6.29. The van der Waals surface area contributed by atoms with Gasteiger partial charge >= 0.3 is 0 Å². The molecule has 0 unspecified atom stereocenters. The number of carbonyl (C=O) groups excluding carboxylic acids is 1. The van der Waals surface area contributed by atoms with Crippen LogP contribution in [0, 0.1) is 5.82 Å². The third-order valence-corrected chi connectivity index (χ3v) is 3.98. The van der Waals surface area contributed by atoms with Gasteiger partial charge in [-0.25, -0.2) is 4.39 Å². The summed E-state index contributed by atoms with van der Waals surface area (Å²) in [6.45, 7) is 0. The number of anilines is 1. The molecule has 0 aliphatic rings. The summed E-state index contributed by atoms with van der Waals surface area (Å²) >= 11 is 6.67. The van der Waals surface area contributed by atoms with Crippen LogP contribution in [0.5, 0.6) is 0 Å². The zero-order valence-corrected chi connectivity index (χ0v) is 13.4. The van der Waals surface area contributed by atoms with Crippen molar-refractivity contribution in [1.82, 2.24) is 10.9 Å². The molecule has 116 valence electrons. The highest BCUT2D eigenvalue weighted by molar-refractivity contribution is 7.80. The summed E-state index contributed by atoms with van der Waals surface area (Å²) < 4.78 is 13.4. The van der Waals surface area contributed by atoms with Crippen molar-refractivity contribution in [1.29, 1.82) is 0 Å². The van der Waals surface area contributed by atoms with Gasteiger partial charge in [-0.2, -0.15) is 0 Å². The Morgan fingerprint density at radius 2 is 2.00 bits per heavy atom. The minimum Gasteiger partial charge on any atom is -0.329 e. The number of carbonyl (C=O) groups is 1. The average molecular weight is 337 g/mol. The molecule has 0 saturated heterocycles. The quantitative estimate of drug-likeness (QED) is 0.579. The molecule has 1 heterocycles.